The summed E-state index contributed by atoms with van der Waals surface area (Å²) >= 11 is 0. The van der Waals surface area contributed by atoms with Gasteiger partial charge in [0.05, 0.1) is 13.2 Å². The molecule has 5 heteroatoms. The van der Waals surface area contributed by atoms with Gasteiger partial charge in [0, 0.05) is 31.1 Å². The van der Waals surface area contributed by atoms with E-state index in [1.807, 2.05) is 0 Å². The maximum atomic E-state index is 13.4. The molecule has 1 spiro atoms. The zero-order valence-corrected chi connectivity index (χ0v) is 15.3. The van der Waals surface area contributed by atoms with Gasteiger partial charge in [-0.25, -0.2) is 0 Å². The van der Waals surface area contributed by atoms with E-state index >= 15 is 0 Å². The van der Waals surface area contributed by atoms with Gasteiger partial charge in [0.2, 0.25) is 0 Å². The van der Waals surface area contributed by atoms with Crippen molar-refractivity contribution in [1.82, 2.24) is 0 Å². The predicted octanol–water partition coefficient (Wildman–Crippen LogP) is 2.94. The Kier molecular flexibility index (Phi) is 3.40. The lowest BCUT2D eigenvalue weighted by molar-refractivity contribution is -0.186. The standard InChI is InChI=1S/C21H26O5/c1-3-6-20-12-15(26-18(20)23)16-14(17(20)22)5-4-13-11-21(24-9-10-25-21)8-7-19(13,16)2/h3-4,14-16H,1,5-12H2,2H3/t14-,15-,16+,19+,20-/m0/s1. The first kappa shape index (κ1) is 16.7. The molecule has 0 aromatic carbocycles. The van der Waals surface area contributed by atoms with Crippen molar-refractivity contribution >= 4 is 11.8 Å². The van der Waals surface area contributed by atoms with Gasteiger partial charge in [0.25, 0.3) is 0 Å². The van der Waals surface area contributed by atoms with E-state index in [1.54, 1.807) is 6.08 Å². The summed E-state index contributed by atoms with van der Waals surface area (Å²) in [6.07, 6.45) is 7.83. The number of rotatable bonds is 2. The summed E-state index contributed by atoms with van der Waals surface area (Å²) in [7, 11) is 0. The molecule has 5 atom stereocenters. The molecule has 0 aromatic rings. The van der Waals surface area contributed by atoms with Crippen molar-refractivity contribution in [2.45, 2.75) is 57.3 Å². The highest BCUT2D eigenvalue weighted by atomic mass is 16.7. The van der Waals surface area contributed by atoms with E-state index in [0.717, 1.165) is 19.3 Å². The second kappa shape index (κ2) is 5.29. The Morgan fingerprint density at radius 2 is 2.04 bits per heavy atom. The number of ketones is 1. The molecule has 2 saturated heterocycles. The third-order valence-corrected chi connectivity index (χ3v) is 7.72. The Balaban J connectivity index is 1.52. The second-order valence-electron chi connectivity index (χ2n) is 8.89. The van der Waals surface area contributed by atoms with Gasteiger partial charge in [-0.2, -0.15) is 0 Å². The van der Waals surface area contributed by atoms with Gasteiger partial charge in [0.1, 0.15) is 11.5 Å². The molecule has 140 valence electrons. The average molecular weight is 358 g/mol. The largest absolute Gasteiger partial charge is 0.461 e. The van der Waals surface area contributed by atoms with Gasteiger partial charge >= 0.3 is 5.97 Å². The second-order valence-corrected chi connectivity index (χ2v) is 8.89. The number of esters is 1. The van der Waals surface area contributed by atoms with Crippen molar-refractivity contribution in [1.29, 1.82) is 0 Å². The number of allylic oxidation sites excluding steroid dienone is 2. The number of carbonyl (C=O) groups excluding carboxylic acids is 2. The minimum atomic E-state index is -0.983. The van der Waals surface area contributed by atoms with E-state index in [1.165, 1.54) is 5.57 Å². The van der Waals surface area contributed by atoms with Crippen LogP contribution in [0.25, 0.3) is 0 Å². The van der Waals surface area contributed by atoms with Crippen molar-refractivity contribution in [3.05, 3.63) is 24.3 Å². The molecule has 2 heterocycles. The Bertz CT molecular complexity index is 718. The predicted molar refractivity (Wildman–Crippen MR) is 93.0 cm³/mol. The van der Waals surface area contributed by atoms with Crippen molar-refractivity contribution in [3.63, 3.8) is 0 Å². The van der Waals surface area contributed by atoms with E-state index < -0.39 is 11.2 Å². The van der Waals surface area contributed by atoms with Gasteiger partial charge in [-0.1, -0.05) is 24.6 Å². The third-order valence-electron chi connectivity index (χ3n) is 7.72. The van der Waals surface area contributed by atoms with Gasteiger partial charge < -0.3 is 14.2 Å². The maximum Gasteiger partial charge on any atom is 0.320 e. The van der Waals surface area contributed by atoms with Gasteiger partial charge in [-0.15, -0.1) is 6.58 Å². The minimum absolute atomic E-state index is 0.0677. The first-order valence-corrected chi connectivity index (χ1v) is 9.78. The average Bonchev–Trinajstić information content (AvgIpc) is 3.18. The smallest absolute Gasteiger partial charge is 0.320 e. The number of hydrogen-bond acceptors (Lipinski definition) is 5. The summed E-state index contributed by atoms with van der Waals surface area (Å²) < 4.78 is 17.7. The molecule has 4 fully saturated rings. The molecule has 3 aliphatic carbocycles. The van der Waals surface area contributed by atoms with Crippen molar-refractivity contribution in [3.8, 4) is 0 Å². The molecule has 0 aromatic heterocycles. The SMILES string of the molecule is C=CC[C@@]12C[C@H](OC1=O)[C@H]1[C@H](CC=C3CC4(CC[C@]31C)OCCO4)C2=O. The molecule has 0 radical (unpaired) electrons. The van der Waals surface area contributed by atoms with E-state index in [2.05, 4.69) is 19.6 Å². The highest BCUT2D eigenvalue weighted by Crippen LogP contribution is 2.63. The summed E-state index contributed by atoms with van der Waals surface area (Å²) in [4.78, 5) is 26.0. The minimum Gasteiger partial charge on any atom is -0.461 e. The lowest BCUT2D eigenvalue weighted by atomic mass is 9.49. The van der Waals surface area contributed by atoms with Crippen LogP contribution in [0.5, 0.6) is 0 Å². The molecule has 26 heavy (non-hydrogen) atoms. The quantitative estimate of drug-likeness (QED) is 0.431. The molecule has 2 saturated carbocycles. The lowest BCUT2D eigenvalue weighted by Gasteiger charge is -2.54. The highest BCUT2D eigenvalue weighted by molar-refractivity contribution is 6.07. The molecule has 0 unspecified atom stereocenters. The molecule has 2 bridgehead atoms. The van der Waals surface area contributed by atoms with Crippen LogP contribution in [0.15, 0.2) is 24.3 Å². The molecule has 5 aliphatic rings. The Labute approximate surface area is 153 Å². The fourth-order valence-corrected chi connectivity index (χ4v) is 6.41. The summed E-state index contributed by atoms with van der Waals surface area (Å²) in [5, 5.41) is 0. The fourth-order valence-electron chi connectivity index (χ4n) is 6.41. The Morgan fingerprint density at radius 3 is 2.77 bits per heavy atom. The van der Waals surface area contributed by atoms with Crippen LogP contribution in [0.2, 0.25) is 0 Å². The number of ether oxygens (including phenoxy) is 3. The van der Waals surface area contributed by atoms with E-state index in [-0.39, 0.29) is 35.1 Å². The van der Waals surface area contributed by atoms with Crippen LogP contribution in [0.4, 0.5) is 0 Å². The van der Waals surface area contributed by atoms with Crippen LogP contribution >= 0.6 is 0 Å². The van der Waals surface area contributed by atoms with Gasteiger partial charge in [-0.05, 0) is 24.7 Å². The summed E-state index contributed by atoms with van der Waals surface area (Å²) in [6.45, 7) is 7.31. The molecule has 5 rings (SSSR count). The van der Waals surface area contributed by atoms with Crippen LogP contribution in [0, 0.1) is 22.7 Å². The van der Waals surface area contributed by atoms with Crippen LogP contribution in [0.3, 0.4) is 0 Å². The Morgan fingerprint density at radius 1 is 1.27 bits per heavy atom. The highest BCUT2D eigenvalue weighted by Gasteiger charge is 2.68. The van der Waals surface area contributed by atoms with E-state index in [0.29, 0.717) is 32.5 Å². The van der Waals surface area contributed by atoms with Crippen LogP contribution in [-0.2, 0) is 23.8 Å². The number of Topliss-reactive ketones (excluding diaryl/α,β-unsaturated/α-hetero) is 1. The lowest BCUT2D eigenvalue weighted by Crippen LogP contribution is -2.56. The van der Waals surface area contributed by atoms with Crippen molar-refractivity contribution in [2.24, 2.45) is 22.7 Å². The van der Waals surface area contributed by atoms with Crippen molar-refractivity contribution in [2.75, 3.05) is 13.2 Å². The first-order valence-electron chi connectivity index (χ1n) is 9.78. The fraction of sp³-hybridized carbons (Fsp3) is 0.714. The molecular weight excluding hydrogens is 332 g/mol. The number of hydrogen-bond donors (Lipinski definition) is 0. The van der Waals surface area contributed by atoms with E-state index in [4.69, 9.17) is 14.2 Å². The molecule has 0 amide bonds. The zero-order valence-electron chi connectivity index (χ0n) is 15.3. The van der Waals surface area contributed by atoms with Gasteiger partial charge in [0.15, 0.2) is 11.6 Å². The summed E-state index contributed by atoms with van der Waals surface area (Å²) in [5.41, 5.74) is 0.205. The molecule has 2 aliphatic heterocycles. The molecular formula is C21H26O5. The molecule has 5 nitrogen and oxygen atoms in total. The first-order chi connectivity index (χ1) is 12.4. The summed E-state index contributed by atoms with van der Waals surface area (Å²) in [5.74, 6) is -0.796. The maximum absolute atomic E-state index is 13.4. The van der Waals surface area contributed by atoms with E-state index in [9.17, 15) is 9.59 Å². The summed E-state index contributed by atoms with van der Waals surface area (Å²) in [6, 6.07) is 0. The van der Waals surface area contributed by atoms with Crippen LogP contribution in [-0.4, -0.2) is 36.9 Å². The Hall–Kier alpha value is -1.46. The number of fused-ring (bicyclic) bond motifs is 6. The topological polar surface area (TPSA) is 61.8 Å². The zero-order chi connectivity index (χ0) is 18.2. The normalized spacial score (nSPS) is 45.7. The van der Waals surface area contributed by atoms with Gasteiger partial charge in [-0.3, -0.25) is 9.59 Å². The molecule has 0 N–H and O–H groups in total. The van der Waals surface area contributed by atoms with Crippen LogP contribution in [0.1, 0.15) is 45.4 Å². The van der Waals surface area contributed by atoms with Crippen molar-refractivity contribution < 1.29 is 23.8 Å². The third kappa shape index (κ3) is 1.93. The van der Waals surface area contributed by atoms with Crippen LogP contribution < -0.4 is 0 Å². The monoisotopic (exact) mass is 358 g/mol. The number of carbonyl (C=O) groups is 2.